The first-order chi connectivity index (χ1) is 5.75. The molecule has 0 radical (unpaired) electrons. The highest BCUT2D eigenvalue weighted by Gasteiger charge is 2.14. The van der Waals surface area contributed by atoms with Crippen LogP contribution in [0.5, 0.6) is 0 Å². The lowest BCUT2D eigenvalue weighted by Gasteiger charge is -2.22. The van der Waals surface area contributed by atoms with Gasteiger partial charge in [-0.1, -0.05) is 0 Å². The Bertz CT molecular complexity index is 299. The van der Waals surface area contributed by atoms with Crippen molar-refractivity contribution < 1.29 is 0 Å². The summed E-state index contributed by atoms with van der Waals surface area (Å²) in [6.45, 7) is 2.19. The average molecular weight is 227 g/mol. The average Bonchev–Trinajstić information content (AvgIpc) is 2.05. The first kappa shape index (κ1) is 8.05. The summed E-state index contributed by atoms with van der Waals surface area (Å²) in [7, 11) is 0. The van der Waals surface area contributed by atoms with Crippen LogP contribution >= 0.6 is 15.9 Å². The summed E-state index contributed by atoms with van der Waals surface area (Å²) < 4.78 is 1.07. The molecule has 3 heteroatoms. The summed E-state index contributed by atoms with van der Waals surface area (Å²) >= 11 is 3.42. The summed E-state index contributed by atoms with van der Waals surface area (Å²) in [6.07, 6.45) is 4.17. The fourth-order valence-electron chi connectivity index (χ4n) is 1.48. The van der Waals surface area contributed by atoms with Crippen LogP contribution in [-0.2, 0) is 6.42 Å². The van der Waals surface area contributed by atoms with Gasteiger partial charge in [0.25, 0.3) is 0 Å². The minimum atomic E-state index is 0.561. The van der Waals surface area contributed by atoms with Crippen molar-refractivity contribution in [2.45, 2.75) is 25.8 Å². The minimum absolute atomic E-state index is 0.561. The Morgan fingerprint density at radius 1 is 1.67 bits per heavy atom. The van der Waals surface area contributed by atoms with Crippen LogP contribution in [0.3, 0.4) is 0 Å². The van der Waals surface area contributed by atoms with Crippen molar-refractivity contribution in [1.29, 1.82) is 0 Å². The molecule has 1 aliphatic rings. The van der Waals surface area contributed by atoms with Gasteiger partial charge in [-0.05, 0) is 47.3 Å². The van der Waals surface area contributed by atoms with Gasteiger partial charge in [-0.2, -0.15) is 0 Å². The van der Waals surface area contributed by atoms with E-state index in [-0.39, 0.29) is 0 Å². The zero-order valence-electron chi connectivity index (χ0n) is 6.97. The van der Waals surface area contributed by atoms with Gasteiger partial charge in [0.2, 0.25) is 0 Å². The van der Waals surface area contributed by atoms with E-state index in [1.54, 1.807) is 0 Å². The van der Waals surface area contributed by atoms with Crippen molar-refractivity contribution >= 4 is 21.7 Å². The van der Waals surface area contributed by atoms with E-state index >= 15 is 0 Å². The molecular weight excluding hydrogens is 216 g/mol. The number of nitrogens with zero attached hydrogens (tertiary/aromatic N) is 1. The standard InChI is InChI=1S/C9H11BrN2/c1-6-2-3-7-4-8(10)5-11-9(7)12-6/h4-6H,2-3H2,1H3,(H,11,12)/t6-/m0/s1. The van der Waals surface area contributed by atoms with E-state index in [9.17, 15) is 0 Å². The highest BCUT2D eigenvalue weighted by Crippen LogP contribution is 2.24. The number of fused-ring (bicyclic) bond motifs is 1. The van der Waals surface area contributed by atoms with Crippen molar-refractivity contribution in [1.82, 2.24) is 4.98 Å². The topological polar surface area (TPSA) is 24.9 Å². The van der Waals surface area contributed by atoms with Crippen LogP contribution in [0.1, 0.15) is 18.9 Å². The first-order valence-corrected chi connectivity index (χ1v) is 4.96. The van der Waals surface area contributed by atoms with Crippen LogP contribution < -0.4 is 5.32 Å². The van der Waals surface area contributed by atoms with Crippen LogP contribution in [0.2, 0.25) is 0 Å². The largest absolute Gasteiger partial charge is 0.367 e. The lowest BCUT2D eigenvalue weighted by atomic mass is 10.0. The molecule has 2 heterocycles. The van der Waals surface area contributed by atoms with Gasteiger partial charge in [0.1, 0.15) is 5.82 Å². The molecular formula is C9H11BrN2. The smallest absolute Gasteiger partial charge is 0.129 e. The van der Waals surface area contributed by atoms with Crippen molar-refractivity contribution in [2.24, 2.45) is 0 Å². The summed E-state index contributed by atoms with van der Waals surface area (Å²) in [5, 5.41) is 3.36. The maximum absolute atomic E-state index is 4.31. The molecule has 1 aromatic rings. The van der Waals surface area contributed by atoms with Gasteiger partial charge in [0.05, 0.1) is 0 Å². The van der Waals surface area contributed by atoms with E-state index in [0.29, 0.717) is 6.04 Å². The Morgan fingerprint density at radius 2 is 2.50 bits per heavy atom. The molecule has 0 spiro atoms. The van der Waals surface area contributed by atoms with Gasteiger partial charge in [-0.25, -0.2) is 4.98 Å². The molecule has 0 aliphatic carbocycles. The molecule has 1 aromatic heterocycles. The predicted octanol–water partition coefficient (Wildman–Crippen LogP) is 2.59. The van der Waals surface area contributed by atoms with Gasteiger partial charge in [0.15, 0.2) is 0 Å². The third kappa shape index (κ3) is 1.46. The van der Waals surface area contributed by atoms with Gasteiger partial charge in [-0.15, -0.1) is 0 Å². The number of hydrogen-bond acceptors (Lipinski definition) is 2. The van der Waals surface area contributed by atoms with Gasteiger partial charge < -0.3 is 5.32 Å². The number of nitrogens with one attached hydrogen (secondary N) is 1. The molecule has 1 atom stereocenters. The fourth-order valence-corrected chi connectivity index (χ4v) is 1.86. The van der Waals surface area contributed by atoms with E-state index in [1.165, 1.54) is 12.0 Å². The van der Waals surface area contributed by atoms with E-state index < -0.39 is 0 Å². The summed E-state index contributed by atoms with van der Waals surface area (Å²) in [4.78, 5) is 4.31. The van der Waals surface area contributed by atoms with Crippen LogP contribution in [0.15, 0.2) is 16.7 Å². The molecule has 0 saturated heterocycles. The Hall–Kier alpha value is -0.570. The van der Waals surface area contributed by atoms with Gasteiger partial charge in [-0.3, -0.25) is 0 Å². The number of halogens is 1. The Labute approximate surface area is 80.5 Å². The number of anilines is 1. The number of pyridine rings is 1. The van der Waals surface area contributed by atoms with E-state index in [4.69, 9.17) is 0 Å². The monoisotopic (exact) mass is 226 g/mol. The lowest BCUT2D eigenvalue weighted by Crippen LogP contribution is -2.22. The second-order valence-corrected chi connectivity index (χ2v) is 4.16. The van der Waals surface area contributed by atoms with Crippen LogP contribution in [0.4, 0.5) is 5.82 Å². The van der Waals surface area contributed by atoms with Crippen molar-refractivity contribution in [3.63, 3.8) is 0 Å². The molecule has 64 valence electrons. The number of hydrogen-bond donors (Lipinski definition) is 1. The molecule has 0 amide bonds. The summed E-state index contributed by atoms with van der Waals surface area (Å²) in [5.41, 5.74) is 1.32. The molecule has 1 N–H and O–H groups in total. The summed E-state index contributed by atoms with van der Waals surface area (Å²) in [6, 6.07) is 2.70. The summed E-state index contributed by atoms with van der Waals surface area (Å²) in [5.74, 6) is 1.05. The predicted molar refractivity (Wildman–Crippen MR) is 53.3 cm³/mol. The Balaban J connectivity index is 2.37. The number of rotatable bonds is 0. The molecule has 2 rings (SSSR count). The highest BCUT2D eigenvalue weighted by molar-refractivity contribution is 9.10. The van der Waals surface area contributed by atoms with E-state index in [2.05, 4.69) is 39.2 Å². The van der Waals surface area contributed by atoms with Crippen LogP contribution in [-0.4, -0.2) is 11.0 Å². The third-order valence-corrected chi connectivity index (χ3v) is 2.60. The van der Waals surface area contributed by atoms with Crippen LogP contribution in [0, 0.1) is 0 Å². The molecule has 0 unspecified atom stereocenters. The quantitative estimate of drug-likeness (QED) is 0.736. The molecule has 2 nitrogen and oxygen atoms in total. The Morgan fingerprint density at radius 3 is 3.33 bits per heavy atom. The fraction of sp³-hybridized carbons (Fsp3) is 0.444. The SMILES string of the molecule is C[C@H]1CCc2cc(Br)cnc2N1. The van der Waals surface area contributed by atoms with E-state index in [1.807, 2.05) is 6.20 Å². The molecule has 1 aliphatic heterocycles. The molecule has 12 heavy (non-hydrogen) atoms. The van der Waals surface area contributed by atoms with Gasteiger partial charge >= 0.3 is 0 Å². The third-order valence-electron chi connectivity index (χ3n) is 2.16. The first-order valence-electron chi connectivity index (χ1n) is 4.16. The van der Waals surface area contributed by atoms with E-state index in [0.717, 1.165) is 16.7 Å². The maximum atomic E-state index is 4.31. The molecule has 0 aromatic carbocycles. The Kier molecular flexibility index (Phi) is 2.05. The molecule has 0 bridgehead atoms. The number of aromatic nitrogens is 1. The number of aryl methyl sites for hydroxylation is 1. The lowest BCUT2D eigenvalue weighted by molar-refractivity contribution is 0.673. The van der Waals surface area contributed by atoms with Crippen molar-refractivity contribution in [3.8, 4) is 0 Å². The molecule has 0 saturated carbocycles. The second-order valence-electron chi connectivity index (χ2n) is 3.25. The van der Waals surface area contributed by atoms with Crippen molar-refractivity contribution in [3.05, 3.63) is 22.3 Å². The maximum Gasteiger partial charge on any atom is 0.129 e. The molecule has 0 fully saturated rings. The second kappa shape index (κ2) is 3.05. The highest BCUT2D eigenvalue weighted by atomic mass is 79.9. The van der Waals surface area contributed by atoms with Crippen molar-refractivity contribution in [2.75, 3.05) is 5.32 Å². The normalized spacial score (nSPS) is 21.3. The van der Waals surface area contributed by atoms with Crippen LogP contribution in [0.25, 0.3) is 0 Å². The zero-order valence-corrected chi connectivity index (χ0v) is 8.56. The minimum Gasteiger partial charge on any atom is -0.367 e. The zero-order chi connectivity index (χ0) is 8.55. The van der Waals surface area contributed by atoms with Gasteiger partial charge in [0, 0.05) is 16.7 Å².